The van der Waals surface area contributed by atoms with Crippen LogP contribution in [-0.2, 0) is 4.79 Å². The molecule has 0 bridgehead atoms. The number of carboxylic acid groups (broad SMARTS) is 1. The van der Waals surface area contributed by atoms with Crippen LogP contribution >= 0.6 is 0 Å². The van der Waals surface area contributed by atoms with E-state index in [-0.39, 0.29) is 11.9 Å². The first-order valence-electron chi connectivity index (χ1n) is 3.06. The van der Waals surface area contributed by atoms with Crippen LogP contribution in [0.15, 0.2) is 0 Å². The third-order valence-electron chi connectivity index (χ3n) is 1.03. The standard InChI is InChI=1S/C6H12O3.H2O/c1-2-3-5(7)4-6(8)9;/h5,7H,2-4H2,1H3,(H,8,9);1H2. The number of hydrogen-bond donors (Lipinski definition) is 2. The summed E-state index contributed by atoms with van der Waals surface area (Å²) in [4.78, 5) is 9.92. The number of carboxylic acids is 1. The highest BCUT2D eigenvalue weighted by Crippen LogP contribution is 1.99. The molecule has 0 aliphatic rings. The van der Waals surface area contributed by atoms with Crippen molar-refractivity contribution in [2.75, 3.05) is 0 Å². The molecule has 0 aromatic heterocycles. The second kappa shape index (κ2) is 6.51. The Bertz CT molecular complexity index is 91.7. The Morgan fingerprint density at radius 1 is 1.60 bits per heavy atom. The van der Waals surface area contributed by atoms with Crippen LogP contribution in [0.2, 0.25) is 0 Å². The van der Waals surface area contributed by atoms with Gasteiger partial charge in [-0.25, -0.2) is 0 Å². The lowest BCUT2D eigenvalue weighted by molar-refractivity contribution is -0.139. The minimum Gasteiger partial charge on any atom is -0.481 e. The molecule has 0 aromatic carbocycles. The highest BCUT2D eigenvalue weighted by Gasteiger charge is 2.06. The summed E-state index contributed by atoms with van der Waals surface area (Å²) in [6.45, 7) is 1.91. The monoisotopic (exact) mass is 150 g/mol. The SMILES string of the molecule is CCCC(O)CC(=O)O.O. The lowest BCUT2D eigenvalue weighted by Crippen LogP contribution is -2.11. The molecule has 0 rings (SSSR count). The number of hydrogen-bond acceptors (Lipinski definition) is 2. The molecule has 0 aliphatic heterocycles. The summed E-state index contributed by atoms with van der Waals surface area (Å²) < 4.78 is 0. The predicted molar refractivity (Wildman–Crippen MR) is 36.8 cm³/mol. The molecule has 1 atom stereocenters. The molecule has 0 amide bonds. The Labute approximate surface area is 59.8 Å². The zero-order chi connectivity index (χ0) is 7.28. The van der Waals surface area contributed by atoms with Crippen LogP contribution in [0.25, 0.3) is 0 Å². The van der Waals surface area contributed by atoms with Gasteiger partial charge in [-0.15, -0.1) is 0 Å². The third-order valence-corrected chi connectivity index (χ3v) is 1.03. The average Bonchev–Trinajstić information content (AvgIpc) is 1.63. The summed E-state index contributed by atoms with van der Waals surface area (Å²) in [7, 11) is 0. The average molecular weight is 150 g/mol. The highest BCUT2D eigenvalue weighted by atomic mass is 16.4. The van der Waals surface area contributed by atoms with Crippen LogP contribution in [0.4, 0.5) is 0 Å². The maximum absolute atomic E-state index is 9.92. The molecule has 4 nitrogen and oxygen atoms in total. The minimum absolute atomic E-state index is 0. The van der Waals surface area contributed by atoms with Crippen molar-refractivity contribution in [3.05, 3.63) is 0 Å². The van der Waals surface area contributed by atoms with Gasteiger partial charge in [0.2, 0.25) is 0 Å². The highest BCUT2D eigenvalue weighted by molar-refractivity contribution is 5.67. The van der Waals surface area contributed by atoms with Gasteiger partial charge >= 0.3 is 5.97 Å². The van der Waals surface area contributed by atoms with Crippen molar-refractivity contribution >= 4 is 5.97 Å². The third kappa shape index (κ3) is 7.39. The van der Waals surface area contributed by atoms with Gasteiger partial charge in [0.1, 0.15) is 0 Å². The largest absolute Gasteiger partial charge is 0.481 e. The molecule has 0 fully saturated rings. The Morgan fingerprint density at radius 3 is 2.40 bits per heavy atom. The van der Waals surface area contributed by atoms with Gasteiger partial charge in [0.25, 0.3) is 0 Å². The smallest absolute Gasteiger partial charge is 0.305 e. The van der Waals surface area contributed by atoms with Crippen molar-refractivity contribution in [1.29, 1.82) is 0 Å². The second-order valence-electron chi connectivity index (χ2n) is 2.04. The van der Waals surface area contributed by atoms with Gasteiger partial charge in [-0.2, -0.15) is 0 Å². The van der Waals surface area contributed by atoms with E-state index in [9.17, 15) is 4.79 Å². The first-order valence-corrected chi connectivity index (χ1v) is 3.06. The number of aliphatic hydroxyl groups is 1. The van der Waals surface area contributed by atoms with E-state index in [1.807, 2.05) is 6.92 Å². The molecule has 0 spiro atoms. The van der Waals surface area contributed by atoms with Gasteiger partial charge in [0.05, 0.1) is 12.5 Å². The Balaban J connectivity index is 0. The Hall–Kier alpha value is -0.610. The first kappa shape index (κ1) is 12.1. The lowest BCUT2D eigenvalue weighted by Gasteiger charge is -2.03. The summed E-state index contributed by atoms with van der Waals surface area (Å²) in [5.74, 6) is -0.934. The van der Waals surface area contributed by atoms with Crippen LogP contribution in [-0.4, -0.2) is 27.8 Å². The van der Waals surface area contributed by atoms with Crippen molar-refractivity contribution < 1.29 is 20.5 Å². The van der Waals surface area contributed by atoms with Crippen LogP contribution in [0.1, 0.15) is 26.2 Å². The quantitative estimate of drug-likeness (QED) is 0.581. The van der Waals surface area contributed by atoms with Gasteiger partial charge in [-0.05, 0) is 6.42 Å². The van der Waals surface area contributed by atoms with Crippen molar-refractivity contribution in [2.45, 2.75) is 32.3 Å². The molecule has 62 valence electrons. The first-order chi connectivity index (χ1) is 4.16. The maximum atomic E-state index is 9.92. The summed E-state index contributed by atoms with van der Waals surface area (Å²) >= 11 is 0. The van der Waals surface area contributed by atoms with Gasteiger partial charge in [0.15, 0.2) is 0 Å². The van der Waals surface area contributed by atoms with E-state index in [1.54, 1.807) is 0 Å². The topological polar surface area (TPSA) is 89.0 Å². The van der Waals surface area contributed by atoms with Gasteiger partial charge in [-0.1, -0.05) is 13.3 Å². The molecule has 4 N–H and O–H groups in total. The Kier molecular flexibility index (Phi) is 7.88. The zero-order valence-electron chi connectivity index (χ0n) is 6.00. The molecule has 0 heterocycles. The zero-order valence-corrected chi connectivity index (χ0v) is 6.00. The predicted octanol–water partition coefficient (Wildman–Crippen LogP) is -0.203. The van der Waals surface area contributed by atoms with E-state index in [4.69, 9.17) is 10.2 Å². The number of rotatable bonds is 4. The number of aliphatic hydroxyl groups excluding tert-OH is 1. The Morgan fingerprint density at radius 2 is 2.10 bits per heavy atom. The lowest BCUT2D eigenvalue weighted by atomic mass is 10.1. The fourth-order valence-electron chi connectivity index (χ4n) is 0.637. The fraction of sp³-hybridized carbons (Fsp3) is 0.833. The van der Waals surface area contributed by atoms with E-state index in [0.29, 0.717) is 6.42 Å². The molecule has 0 aromatic rings. The molecule has 0 radical (unpaired) electrons. The van der Waals surface area contributed by atoms with E-state index in [2.05, 4.69) is 0 Å². The molecular weight excluding hydrogens is 136 g/mol. The van der Waals surface area contributed by atoms with E-state index in [1.165, 1.54) is 0 Å². The molecule has 1 unspecified atom stereocenters. The molecule has 0 aliphatic carbocycles. The van der Waals surface area contributed by atoms with Gasteiger partial charge < -0.3 is 15.7 Å². The minimum atomic E-state index is -0.934. The van der Waals surface area contributed by atoms with Crippen LogP contribution in [0.5, 0.6) is 0 Å². The summed E-state index contributed by atoms with van der Waals surface area (Å²) in [5, 5.41) is 17.0. The van der Waals surface area contributed by atoms with Crippen molar-refractivity contribution in [3.63, 3.8) is 0 Å². The van der Waals surface area contributed by atoms with Crippen molar-refractivity contribution in [1.82, 2.24) is 0 Å². The van der Waals surface area contributed by atoms with Gasteiger partial charge in [-0.3, -0.25) is 4.79 Å². The second-order valence-corrected chi connectivity index (χ2v) is 2.04. The van der Waals surface area contributed by atoms with Gasteiger partial charge in [0, 0.05) is 0 Å². The number of carbonyl (C=O) groups is 1. The maximum Gasteiger partial charge on any atom is 0.305 e. The van der Waals surface area contributed by atoms with E-state index in [0.717, 1.165) is 6.42 Å². The molecule has 0 saturated heterocycles. The summed E-state index contributed by atoms with van der Waals surface area (Å²) in [6, 6.07) is 0. The molecule has 4 heteroatoms. The molecule has 10 heavy (non-hydrogen) atoms. The summed E-state index contributed by atoms with van der Waals surface area (Å²) in [6.07, 6.45) is 0.613. The molecular formula is C6H14O4. The van der Waals surface area contributed by atoms with Crippen molar-refractivity contribution in [2.24, 2.45) is 0 Å². The molecule has 0 saturated carbocycles. The summed E-state index contributed by atoms with van der Waals surface area (Å²) in [5.41, 5.74) is 0. The normalized spacial score (nSPS) is 11.8. The van der Waals surface area contributed by atoms with E-state index >= 15 is 0 Å². The fourth-order valence-corrected chi connectivity index (χ4v) is 0.637. The van der Waals surface area contributed by atoms with Crippen molar-refractivity contribution in [3.8, 4) is 0 Å². The van der Waals surface area contributed by atoms with Crippen LogP contribution < -0.4 is 0 Å². The number of aliphatic carboxylic acids is 1. The van der Waals surface area contributed by atoms with Crippen LogP contribution in [0.3, 0.4) is 0 Å². The van der Waals surface area contributed by atoms with Crippen LogP contribution in [0, 0.1) is 0 Å². The van der Waals surface area contributed by atoms with E-state index < -0.39 is 12.1 Å².